The summed E-state index contributed by atoms with van der Waals surface area (Å²) in [6.07, 6.45) is 8.03. The van der Waals surface area contributed by atoms with Crippen LogP contribution in [-0.2, 0) is 6.42 Å². The molecule has 1 aromatic rings. The molecule has 0 bridgehead atoms. The van der Waals surface area contributed by atoms with E-state index in [9.17, 15) is 0 Å². The van der Waals surface area contributed by atoms with E-state index in [4.69, 9.17) is 4.74 Å². The summed E-state index contributed by atoms with van der Waals surface area (Å²) in [5.41, 5.74) is 3.27. The van der Waals surface area contributed by atoms with Gasteiger partial charge in [-0.2, -0.15) is 0 Å². The number of ether oxygens (including phenoxy) is 1. The van der Waals surface area contributed by atoms with Crippen LogP contribution < -0.4 is 10.1 Å². The molecule has 3 rings (SSSR count). The van der Waals surface area contributed by atoms with Gasteiger partial charge in [0.15, 0.2) is 0 Å². The van der Waals surface area contributed by atoms with Crippen molar-refractivity contribution in [1.29, 1.82) is 0 Å². The standard InChI is InChI=1S/C19H29NO/c1-4-11-20-18(19(3)9-5-6-10-19)15-7-8-17-16(13-15)12-14(2)21-17/h7-8,13-14,18,20H,4-6,9-12H2,1-3H3. The lowest BCUT2D eigenvalue weighted by molar-refractivity contribution is 0.223. The molecule has 1 saturated carbocycles. The first-order chi connectivity index (χ1) is 10.1. The van der Waals surface area contributed by atoms with Crippen molar-refractivity contribution in [1.82, 2.24) is 5.32 Å². The van der Waals surface area contributed by atoms with Crippen molar-refractivity contribution in [2.24, 2.45) is 5.41 Å². The molecule has 0 spiro atoms. The van der Waals surface area contributed by atoms with E-state index in [1.807, 2.05) is 0 Å². The molecule has 2 heteroatoms. The van der Waals surface area contributed by atoms with Gasteiger partial charge in [0.1, 0.15) is 11.9 Å². The zero-order valence-electron chi connectivity index (χ0n) is 13.7. The smallest absolute Gasteiger partial charge is 0.123 e. The van der Waals surface area contributed by atoms with Gasteiger partial charge in [0.25, 0.3) is 0 Å². The molecule has 0 radical (unpaired) electrons. The average molecular weight is 287 g/mol. The molecule has 2 atom stereocenters. The van der Waals surface area contributed by atoms with Crippen molar-refractivity contribution >= 4 is 0 Å². The van der Waals surface area contributed by atoms with E-state index in [0.29, 0.717) is 17.6 Å². The summed E-state index contributed by atoms with van der Waals surface area (Å²) in [7, 11) is 0. The molecule has 2 nitrogen and oxygen atoms in total. The minimum Gasteiger partial charge on any atom is -0.490 e. The van der Waals surface area contributed by atoms with E-state index in [0.717, 1.165) is 18.7 Å². The molecule has 21 heavy (non-hydrogen) atoms. The number of hydrogen-bond donors (Lipinski definition) is 1. The first kappa shape index (κ1) is 14.9. The lowest BCUT2D eigenvalue weighted by Crippen LogP contribution is -2.35. The molecule has 1 aliphatic heterocycles. The molecular formula is C19H29NO. The van der Waals surface area contributed by atoms with Gasteiger partial charge < -0.3 is 10.1 Å². The van der Waals surface area contributed by atoms with Gasteiger partial charge in [0.05, 0.1) is 0 Å². The maximum absolute atomic E-state index is 5.85. The summed E-state index contributed by atoms with van der Waals surface area (Å²) in [6, 6.07) is 7.36. The number of nitrogens with one attached hydrogen (secondary N) is 1. The fourth-order valence-electron chi connectivity index (χ4n) is 4.15. The molecule has 1 aromatic carbocycles. The fourth-order valence-corrected chi connectivity index (χ4v) is 4.15. The predicted molar refractivity (Wildman–Crippen MR) is 87.8 cm³/mol. The molecule has 1 heterocycles. The Kier molecular flexibility index (Phi) is 4.26. The average Bonchev–Trinajstić information content (AvgIpc) is 3.04. The fraction of sp³-hybridized carbons (Fsp3) is 0.684. The van der Waals surface area contributed by atoms with Crippen molar-refractivity contribution < 1.29 is 4.74 Å². The molecule has 1 aliphatic carbocycles. The topological polar surface area (TPSA) is 21.3 Å². The second kappa shape index (κ2) is 6.00. The van der Waals surface area contributed by atoms with Crippen molar-refractivity contribution in [3.05, 3.63) is 29.3 Å². The summed E-state index contributed by atoms with van der Waals surface area (Å²) in [6.45, 7) is 7.98. The van der Waals surface area contributed by atoms with Gasteiger partial charge in [-0.25, -0.2) is 0 Å². The van der Waals surface area contributed by atoms with Crippen LogP contribution in [0.5, 0.6) is 5.75 Å². The zero-order valence-corrected chi connectivity index (χ0v) is 13.7. The molecule has 116 valence electrons. The van der Waals surface area contributed by atoms with Crippen molar-refractivity contribution in [3.8, 4) is 5.75 Å². The van der Waals surface area contributed by atoms with Gasteiger partial charge in [0.2, 0.25) is 0 Å². The number of hydrogen-bond acceptors (Lipinski definition) is 2. The third kappa shape index (κ3) is 2.96. The van der Waals surface area contributed by atoms with E-state index in [1.54, 1.807) is 0 Å². The monoisotopic (exact) mass is 287 g/mol. The molecule has 0 aromatic heterocycles. The maximum atomic E-state index is 5.85. The Morgan fingerprint density at radius 2 is 2.10 bits per heavy atom. The van der Waals surface area contributed by atoms with Crippen LogP contribution in [0.4, 0.5) is 0 Å². The van der Waals surface area contributed by atoms with Gasteiger partial charge in [-0.1, -0.05) is 38.8 Å². The SMILES string of the molecule is CCCNC(c1ccc2c(c1)CC(C)O2)C1(C)CCCC1. The van der Waals surface area contributed by atoms with E-state index in [2.05, 4.69) is 44.3 Å². The Morgan fingerprint density at radius 1 is 1.33 bits per heavy atom. The first-order valence-corrected chi connectivity index (χ1v) is 8.65. The highest BCUT2D eigenvalue weighted by atomic mass is 16.5. The van der Waals surface area contributed by atoms with Crippen LogP contribution in [0, 0.1) is 5.41 Å². The lowest BCUT2D eigenvalue weighted by Gasteiger charge is -2.35. The van der Waals surface area contributed by atoms with Crippen molar-refractivity contribution in [2.75, 3.05) is 6.54 Å². The second-order valence-electron chi connectivity index (χ2n) is 7.25. The van der Waals surface area contributed by atoms with Crippen LogP contribution in [0.1, 0.15) is 70.0 Å². The van der Waals surface area contributed by atoms with Gasteiger partial charge >= 0.3 is 0 Å². The van der Waals surface area contributed by atoms with E-state index in [-0.39, 0.29) is 0 Å². The summed E-state index contributed by atoms with van der Waals surface area (Å²) in [4.78, 5) is 0. The third-order valence-corrected chi connectivity index (χ3v) is 5.29. The Labute approximate surface area is 129 Å². The van der Waals surface area contributed by atoms with E-state index >= 15 is 0 Å². The van der Waals surface area contributed by atoms with E-state index < -0.39 is 0 Å². The number of rotatable bonds is 5. The Bertz CT molecular complexity index is 490. The van der Waals surface area contributed by atoms with Gasteiger partial charge in [-0.15, -0.1) is 0 Å². The summed E-state index contributed by atoms with van der Waals surface area (Å²) >= 11 is 0. The Hall–Kier alpha value is -1.02. The van der Waals surface area contributed by atoms with Gasteiger partial charge in [0, 0.05) is 12.5 Å². The highest BCUT2D eigenvalue weighted by Crippen LogP contribution is 2.48. The molecular weight excluding hydrogens is 258 g/mol. The van der Waals surface area contributed by atoms with Crippen molar-refractivity contribution in [2.45, 2.75) is 71.4 Å². The molecule has 1 N–H and O–H groups in total. The molecule has 2 unspecified atom stereocenters. The van der Waals surface area contributed by atoms with Crippen LogP contribution >= 0.6 is 0 Å². The predicted octanol–water partition coefficient (Wildman–Crippen LogP) is 4.63. The molecule has 0 saturated heterocycles. The Balaban J connectivity index is 1.88. The highest BCUT2D eigenvalue weighted by Gasteiger charge is 2.38. The Morgan fingerprint density at radius 3 is 2.81 bits per heavy atom. The maximum Gasteiger partial charge on any atom is 0.123 e. The quantitative estimate of drug-likeness (QED) is 0.852. The third-order valence-electron chi connectivity index (χ3n) is 5.29. The highest BCUT2D eigenvalue weighted by molar-refractivity contribution is 5.42. The van der Waals surface area contributed by atoms with Crippen LogP contribution in [0.15, 0.2) is 18.2 Å². The van der Waals surface area contributed by atoms with Gasteiger partial charge in [-0.05, 0) is 55.3 Å². The number of fused-ring (bicyclic) bond motifs is 1. The summed E-state index contributed by atoms with van der Waals surface area (Å²) in [5.74, 6) is 1.09. The first-order valence-electron chi connectivity index (χ1n) is 8.65. The largest absolute Gasteiger partial charge is 0.490 e. The van der Waals surface area contributed by atoms with Crippen LogP contribution in [0.2, 0.25) is 0 Å². The van der Waals surface area contributed by atoms with Crippen LogP contribution in [0.3, 0.4) is 0 Å². The second-order valence-corrected chi connectivity index (χ2v) is 7.25. The molecule has 0 amide bonds. The van der Waals surface area contributed by atoms with Crippen LogP contribution in [0.25, 0.3) is 0 Å². The van der Waals surface area contributed by atoms with Crippen molar-refractivity contribution in [3.63, 3.8) is 0 Å². The zero-order chi connectivity index (χ0) is 14.9. The van der Waals surface area contributed by atoms with Crippen LogP contribution in [-0.4, -0.2) is 12.6 Å². The van der Waals surface area contributed by atoms with Gasteiger partial charge in [-0.3, -0.25) is 0 Å². The minimum absolute atomic E-state index is 0.333. The van der Waals surface area contributed by atoms with E-state index in [1.165, 1.54) is 43.2 Å². The summed E-state index contributed by atoms with van der Waals surface area (Å²) < 4.78 is 5.85. The minimum atomic E-state index is 0.333. The molecule has 1 fully saturated rings. The normalized spacial score (nSPS) is 24.6. The summed E-state index contributed by atoms with van der Waals surface area (Å²) in [5, 5.41) is 3.83. The molecule has 2 aliphatic rings. The lowest BCUT2D eigenvalue weighted by atomic mass is 9.77. The number of benzene rings is 1.